The van der Waals surface area contributed by atoms with E-state index in [9.17, 15) is 43.2 Å². The summed E-state index contributed by atoms with van der Waals surface area (Å²) in [5.74, 6) is 0.182. The maximum absolute atomic E-state index is 13.1. The lowest BCUT2D eigenvalue weighted by Crippen LogP contribution is -2.30. The van der Waals surface area contributed by atoms with Crippen LogP contribution >= 0.6 is 15.6 Å². The summed E-state index contributed by atoms with van der Waals surface area (Å²) in [6.07, 6.45) is 59.6. The third-order valence-corrected chi connectivity index (χ3v) is 20.8. The molecule has 3 N–H and O–H groups in total. The second kappa shape index (κ2) is 71.3. The molecule has 0 spiro atoms. The van der Waals surface area contributed by atoms with Gasteiger partial charge in [-0.1, -0.05) is 370 Å². The summed E-state index contributed by atoms with van der Waals surface area (Å²) < 4.78 is 68.7. The van der Waals surface area contributed by atoms with Crippen molar-refractivity contribution >= 4 is 39.5 Å². The van der Waals surface area contributed by atoms with Crippen molar-refractivity contribution in [1.82, 2.24) is 0 Å². The number of hydrogen-bond acceptors (Lipinski definition) is 15. The highest BCUT2D eigenvalue weighted by Gasteiger charge is 2.30. The third kappa shape index (κ3) is 74.3. The number of unbranched alkanes of at least 4 members (excludes halogenated alkanes) is 47. The van der Waals surface area contributed by atoms with Gasteiger partial charge in [-0.3, -0.25) is 37.3 Å². The van der Waals surface area contributed by atoms with Gasteiger partial charge in [0.1, 0.15) is 19.3 Å². The number of phosphoric ester groups is 2. The zero-order chi connectivity index (χ0) is 73.7. The Hall–Kier alpha value is -1.94. The molecule has 100 heavy (non-hydrogen) atoms. The van der Waals surface area contributed by atoms with Gasteiger partial charge >= 0.3 is 39.5 Å². The van der Waals surface area contributed by atoms with Crippen LogP contribution in [-0.2, 0) is 65.4 Å². The maximum Gasteiger partial charge on any atom is 0.472 e. The van der Waals surface area contributed by atoms with Crippen molar-refractivity contribution in [3.63, 3.8) is 0 Å². The fourth-order valence-corrected chi connectivity index (χ4v) is 14.1. The topological polar surface area (TPSA) is 237 Å². The molecule has 2 unspecified atom stereocenters. The molecular formula is C81H158O17P2. The van der Waals surface area contributed by atoms with Crippen LogP contribution in [0.15, 0.2) is 0 Å². The molecule has 19 heteroatoms. The molecule has 0 saturated heterocycles. The van der Waals surface area contributed by atoms with Crippen molar-refractivity contribution < 1.29 is 80.2 Å². The zero-order valence-electron chi connectivity index (χ0n) is 65.7. The fraction of sp³-hybridized carbons (Fsp3) is 0.951. The Morgan fingerprint density at radius 2 is 0.460 bits per heavy atom. The van der Waals surface area contributed by atoms with Gasteiger partial charge in [0.15, 0.2) is 12.2 Å². The number of carbonyl (C=O) groups is 4. The highest BCUT2D eigenvalue weighted by Crippen LogP contribution is 2.45. The van der Waals surface area contributed by atoms with E-state index in [1.807, 2.05) is 0 Å². The molecule has 0 rings (SSSR count). The molecule has 0 aliphatic heterocycles. The number of carbonyl (C=O) groups excluding carboxylic acids is 4. The van der Waals surface area contributed by atoms with E-state index in [0.717, 1.165) is 108 Å². The van der Waals surface area contributed by atoms with Crippen LogP contribution in [0.3, 0.4) is 0 Å². The summed E-state index contributed by atoms with van der Waals surface area (Å²) in [6, 6.07) is 0. The highest BCUT2D eigenvalue weighted by atomic mass is 31.2. The van der Waals surface area contributed by atoms with Gasteiger partial charge in [0, 0.05) is 25.7 Å². The van der Waals surface area contributed by atoms with Gasteiger partial charge in [-0.25, -0.2) is 9.13 Å². The number of ether oxygens (including phenoxy) is 4. The monoisotopic (exact) mass is 1470 g/mol. The van der Waals surface area contributed by atoms with E-state index in [2.05, 4.69) is 48.5 Å². The summed E-state index contributed by atoms with van der Waals surface area (Å²) in [5.41, 5.74) is 0. The van der Waals surface area contributed by atoms with Gasteiger partial charge in [0.25, 0.3) is 0 Å². The average Bonchev–Trinajstić information content (AvgIpc) is 1.04. The molecule has 0 aliphatic rings. The first-order valence-corrected chi connectivity index (χ1v) is 44.8. The van der Waals surface area contributed by atoms with Crippen LogP contribution in [0.5, 0.6) is 0 Å². The fourth-order valence-electron chi connectivity index (χ4n) is 12.5. The number of rotatable bonds is 79. The Balaban J connectivity index is 5.26. The van der Waals surface area contributed by atoms with Crippen LogP contribution < -0.4 is 0 Å². The number of esters is 4. The van der Waals surface area contributed by atoms with Crippen molar-refractivity contribution in [2.75, 3.05) is 39.6 Å². The summed E-state index contributed by atoms with van der Waals surface area (Å²) in [6.45, 7) is 11.9. The minimum atomic E-state index is -4.96. The molecule has 17 nitrogen and oxygen atoms in total. The second-order valence-corrected chi connectivity index (χ2v) is 33.5. The molecule has 0 heterocycles. The van der Waals surface area contributed by atoms with Gasteiger partial charge in [-0.05, 0) is 43.4 Å². The maximum atomic E-state index is 13.1. The first-order chi connectivity index (χ1) is 48.2. The first kappa shape index (κ1) is 98.1. The third-order valence-electron chi connectivity index (χ3n) is 18.9. The zero-order valence-corrected chi connectivity index (χ0v) is 67.5. The minimum Gasteiger partial charge on any atom is -0.462 e. The largest absolute Gasteiger partial charge is 0.472 e. The molecule has 0 aromatic carbocycles. The smallest absolute Gasteiger partial charge is 0.462 e. The van der Waals surface area contributed by atoms with E-state index < -0.39 is 97.5 Å². The lowest BCUT2D eigenvalue weighted by atomic mass is 10.0. The molecule has 0 aliphatic carbocycles. The van der Waals surface area contributed by atoms with Crippen molar-refractivity contribution in [2.45, 2.75) is 439 Å². The number of hydrogen-bond donors (Lipinski definition) is 3. The number of aliphatic hydroxyl groups is 1. The molecular weight excluding hydrogens is 1310 g/mol. The van der Waals surface area contributed by atoms with Crippen LogP contribution in [0.4, 0.5) is 0 Å². The SMILES string of the molecule is CCCCCCCCCCCCCCCCCCCCCC(=O)O[C@H](COC(=O)CCCCCCCCCCCCCCC(C)C)COP(=O)(O)OC[C@@H](O)COP(=O)(O)OC[C@@H](COC(=O)CCCCCCCCCCCCC(C)C)OC(=O)CCCCCCCCCCCCC(C)C. The standard InChI is InChI=1S/C81H158O17P2/c1-8-9-10-11-12-13-14-15-16-17-18-19-20-21-26-36-43-50-57-64-80(85)97-76(68-91-78(83)62-55-48-41-34-25-23-22-24-31-38-45-52-59-72(2)3)70-95-99(87,88)93-66-75(82)67-94-100(89,90)96-71-77(98-81(86)65-58-51-44-37-30-28-33-40-47-54-61-74(6)7)69-92-79(84)63-56-49-42-35-29-27-32-39-46-53-60-73(4)5/h72-77,82H,8-71H2,1-7H3,(H,87,88)(H,89,90)/t75-,76-,77-/m1/s1. The van der Waals surface area contributed by atoms with Crippen LogP contribution in [0, 0.1) is 17.8 Å². The van der Waals surface area contributed by atoms with Crippen molar-refractivity contribution in [1.29, 1.82) is 0 Å². The molecule has 0 bridgehead atoms. The van der Waals surface area contributed by atoms with E-state index in [1.165, 1.54) is 231 Å². The van der Waals surface area contributed by atoms with Gasteiger partial charge in [-0.15, -0.1) is 0 Å². The lowest BCUT2D eigenvalue weighted by Gasteiger charge is -2.21. The summed E-state index contributed by atoms with van der Waals surface area (Å²) in [7, 11) is -9.92. The van der Waals surface area contributed by atoms with E-state index in [1.54, 1.807) is 0 Å². The van der Waals surface area contributed by atoms with Crippen LogP contribution in [-0.4, -0.2) is 96.7 Å². The van der Waals surface area contributed by atoms with Crippen molar-refractivity contribution in [3.05, 3.63) is 0 Å². The Morgan fingerprint density at radius 3 is 0.680 bits per heavy atom. The number of aliphatic hydroxyl groups excluding tert-OH is 1. The van der Waals surface area contributed by atoms with Crippen LogP contribution in [0.25, 0.3) is 0 Å². The molecule has 0 amide bonds. The van der Waals surface area contributed by atoms with Crippen molar-refractivity contribution in [2.24, 2.45) is 17.8 Å². The van der Waals surface area contributed by atoms with E-state index in [4.69, 9.17) is 37.0 Å². The van der Waals surface area contributed by atoms with E-state index in [0.29, 0.717) is 25.7 Å². The number of phosphoric acid groups is 2. The van der Waals surface area contributed by atoms with Gasteiger partial charge in [0.05, 0.1) is 26.4 Å². The van der Waals surface area contributed by atoms with E-state index in [-0.39, 0.29) is 25.7 Å². The van der Waals surface area contributed by atoms with Crippen molar-refractivity contribution in [3.8, 4) is 0 Å². The molecule has 594 valence electrons. The molecule has 0 saturated carbocycles. The molecule has 0 aromatic rings. The Kier molecular flexibility index (Phi) is 69.9. The first-order valence-electron chi connectivity index (χ1n) is 41.8. The quantitative estimate of drug-likeness (QED) is 0.0222. The van der Waals surface area contributed by atoms with E-state index >= 15 is 0 Å². The molecule has 5 atom stereocenters. The second-order valence-electron chi connectivity index (χ2n) is 30.6. The van der Waals surface area contributed by atoms with Crippen LogP contribution in [0.2, 0.25) is 0 Å². The summed E-state index contributed by atoms with van der Waals surface area (Å²) >= 11 is 0. The normalized spacial score (nSPS) is 14.0. The summed E-state index contributed by atoms with van der Waals surface area (Å²) in [4.78, 5) is 73.1. The minimum absolute atomic E-state index is 0.106. The Labute approximate surface area is 613 Å². The highest BCUT2D eigenvalue weighted by molar-refractivity contribution is 7.47. The van der Waals surface area contributed by atoms with Crippen LogP contribution in [0.1, 0.15) is 421 Å². The molecule has 0 fully saturated rings. The summed E-state index contributed by atoms with van der Waals surface area (Å²) in [5, 5.41) is 10.6. The Morgan fingerprint density at radius 1 is 0.270 bits per heavy atom. The van der Waals surface area contributed by atoms with Gasteiger partial charge in [-0.2, -0.15) is 0 Å². The Bertz CT molecular complexity index is 1940. The molecule has 0 aromatic heterocycles. The predicted molar refractivity (Wildman–Crippen MR) is 409 cm³/mol. The van der Waals surface area contributed by atoms with Gasteiger partial charge < -0.3 is 33.8 Å². The molecule has 0 radical (unpaired) electrons. The predicted octanol–water partition coefficient (Wildman–Crippen LogP) is 24.1. The average molecular weight is 1470 g/mol. The van der Waals surface area contributed by atoms with Gasteiger partial charge in [0.2, 0.25) is 0 Å². The lowest BCUT2D eigenvalue weighted by molar-refractivity contribution is -0.161.